The highest BCUT2D eigenvalue weighted by Crippen LogP contribution is 2.04. The number of amides is 2. The van der Waals surface area contributed by atoms with Gasteiger partial charge in [-0.05, 0) is 12.3 Å². The van der Waals surface area contributed by atoms with Crippen LogP contribution in [0.15, 0.2) is 0 Å². The van der Waals surface area contributed by atoms with Gasteiger partial charge in [-0.1, -0.05) is 27.7 Å². The molecule has 0 aliphatic heterocycles. The van der Waals surface area contributed by atoms with Crippen LogP contribution in [0.4, 0.5) is 4.79 Å². The van der Waals surface area contributed by atoms with Gasteiger partial charge in [-0.2, -0.15) is 0 Å². The van der Waals surface area contributed by atoms with Gasteiger partial charge in [0, 0.05) is 12.6 Å². The van der Waals surface area contributed by atoms with Crippen molar-refractivity contribution in [2.45, 2.75) is 40.2 Å². The van der Waals surface area contributed by atoms with E-state index in [0.717, 1.165) is 6.42 Å². The number of hydrogen-bond acceptors (Lipinski definition) is 2. The second kappa shape index (κ2) is 7.09. The number of carbonyl (C=O) groups excluding carboxylic acids is 1. The molecule has 0 radical (unpaired) electrons. The van der Waals surface area contributed by atoms with Gasteiger partial charge in [0.1, 0.15) is 0 Å². The van der Waals surface area contributed by atoms with Gasteiger partial charge in [-0.25, -0.2) is 4.79 Å². The van der Waals surface area contributed by atoms with E-state index < -0.39 is 11.9 Å². The fraction of sp³-hybridized carbons (Fsp3) is 0.818. The number of rotatable bonds is 6. The predicted molar refractivity (Wildman–Crippen MR) is 62.3 cm³/mol. The summed E-state index contributed by atoms with van der Waals surface area (Å²) in [6.07, 6.45) is 0.861. The van der Waals surface area contributed by atoms with Crippen LogP contribution in [0.2, 0.25) is 0 Å². The molecule has 16 heavy (non-hydrogen) atoms. The molecular weight excluding hydrogens is 208 g/mol. The quantitative estimate of drug-likeness (QED) is 0.646. The molecule has 0 aromatic rings. The third-order valence-electron chi connectivity index (χ3n) is 2.55. The Bertz CT molecular complexity index is 241. The van der Waals surface area contributed by atoms with Crippen LogP contribution in [0.25, 0.3) is 0 Å². The van der Waals surface area contributed by atoms with Gasteiger partial charge in [0.05, 0.1) is 5.92 Å². The number of carboxylic acids is 1. The predicted octanol–water partition coefficient (Wildman–Crippen LogP) is 1.44. The van der Waals surface area contributed by atoms with E-state index in [4.69, 9.17) is 5.11 Å². The lowest BCUT2D eigenvalue weighted by molar-refractivity contribution is -0.140. The molecule has 3 N–H and O–H groups in total. The summed E-state index contributed by atoms with van der Waals surface area (Å²) in [4.78, 5) is 22.0. The van der Waals surface area contributed by atoms with Crippen molar-refractivity contribution in [2.24, 2.45) is 11.8 Å². The number of carboxylic acid groups (broad SMARTS) is 1. The van der Waals surface area contributed by atoms with E-state index in [1.165, 1.54) is 0 Å². The highest BCUT2D eigenvalue weighted by atomic mass is 16.4. The molecule has 0 saturated carbocycles. The van der Waals surface area contributed by atoms with Crippen molar-refractivity contribution in [3.05, 3.63) is 0 Å². The summed E-state index contributed by atoms with van der Waals surface area (Å²) < 4.78 is 0. The third kappa shape index (κ3) is 5.58. The maximum atomic E-state index is 11.4. The first-order valence-electron chi connectivity index (χ1n) is 5.65. The summed E-state index contributed by atoms with van der Waals surface area (Å²) in [5.41, 5.74) is 0. The second-order valence-corrected chi connectivity index (χ2v) is 4.35. The third-order valence-corrected chi connectivity index (χ3v) is 2.55. The standard InChI is InChI=1S/C11H22N2O3/c1-5-9(7(2)3)13-11(16)12-6-8(4)10(14)15/h7-9H,5-6H2,1-4H3,(H,14,15)(H2,12,13,16). The number of hydrogen-bond donors (Lipinski definition) is 3. The topological polar surface area (TPSA) is 78.4 Å². The molecule has 94 valence electrons. The molecule has 2 unspecified atom stereocenters. The summed E-state index contributed by atoms with van der Waals surface area (Å²) in [5.74, 6) is -1.10. The fourth-order valence-electron chi connectivity index (χ4n) is 1.29. The van der Waals surface area contributed by atoms with E-state index in [9.17, 15) is 9.59 Å². The van der Waals surface area contributed by atoms with E-state index in [-0.39, 0.29) is 18.6 Å². The summed E-state index contributed by atoms with van der Waals surface area (Å²) in [6.45, 7) is 7.78. The first kappa shape index (κ1) is 14.7. The minimum atomic E-state index is -0.906. The van der Waals surface area contributed by atoms with Gasteiger partial charge in [0.2, 0.25) is 0 Å². The zero-order chi connectivity index (χ0) is 12.7. The molecule has 0 fully saturated rings. The van der Waals surface area contributed by atoms with Crippen LogP contribution in [0, 0.1) is 11.8 Å². The first-order chi connectivity index (χ1) is 7.38. The molecule has 2 atom stereocenters. The van der Waals surface area contributed by atoms with Crippen molar-refractivity contribution in [1.29, 1.82) is 0 Å². The lowest BCUT2D eigenvalue weighted by atomic mass is 10.0. The molecule has 0 saturated heterocycles. The normalized spacial score (nSPS) is 14.3. The van der Waals surface area contributed by atoms with Gasteiger partial charge in [-0.15, -0.1) is 0 Å². The smallest absolute Gasteiger partial charge is 0.315 e. The summed E-state index contributed by atoms with van der Waals surface area (Å²) in [5, 5.41) is 14.0. The molecule has 0 heterocycles. The van der Waals surface area contributed by atoms with Crippen LogP contribution in [0.5, 0.6) is 0 Å². The minimum Gasteiger partial charge on any atom is -0.481 e. The Kier molecular flexibility index (Phi) is 6.53. The number of nitrogens with one attached hydrogen (secondary N) is 2. The van der Waals surface area contributed by atoms with Gasteiger partial charge in [-0.3, -0.25) is 4.79 Å². The average Bonchev–Trinajstić information content (AvgIpc) is 2.21. The van der Waals surface area contributed by atoms with Crippen molar-refractivity contribution >= 4 is 12.0 Å². The maximum absolute atomic E-state index is 11.4. The Balaban J connectivity index is 3.94. The van der Waals surface area contributed by atoms with E-state index in [2.05, 4.69) is 10.6 Å². The largest absolute Gasteiger partial charge is 0.481 e. The van der Waals surface area contributed by atoms with Gasteiger partial charge < -0.3 is 15.7 Å². The molecule has 5 heteroatoms. The van der Waals surface area contributed by atoms with Crippen molar-refractivity contribution < 1.29 is 14.7 Å². The van der Waals surface area contributed by atoms with Crippen LogP contribution in [-0.2, 0) is 4.79 Å². The monoisotopic (exact) mass is 230 g/mol. The fourth-order valence-corrected chi connectivity index (χ4v) is 1.29. The van der Waals surface area contributed by atoms with Crippen molar-refractivity contribution in [3.63, 3.8) is 0 Å². The van der Waals surface area contributed by atoms with Gasteiger partial charge in [0.15, 0.2) is 0 Å². The Morgan fingerprint density at radius 3 is 2.19 bits per heavy atom. The summed E-state index contributed by atoms with van der Waals surface area (Å²) >= 11 is 0. The van der Waals surface area contributed by atoms with Crippen molar-refractivity contribution in [1.82, 2.24) is 10.6 Å². The second-order valence-electron chi connectivity index (χ2n) is 4.35. The van der Waals surface area contributed by atoms with E-state index in [1.54, 1.807) is 6.92 Å². The van der Waals surface area contributed by atoms with Crippen LogP contribution in [0.1, 0.15) is 34.1 Å². The molecule has 5 nitrogen and oxygen atoms in total. The highest BCUT2D eigenvalue weighted by molar-refractivity contribution is 5.75. The molecular formula is C11H22N2O3. The molecule has 0 rings (SSSR count). The number of aliphatic carboxylic acids is 1. The van der Waals surface area contributed by atoms with Crippen molar-refractivity contribution in [2.75, 3.05) is 6.54 Å². The Labute approximate surface area is 96.6 Å². The Hall–Kier alpha value is -1.26. The Morgan fingerprint density at radius 2 is 1.81 bits per heavy atom. The molecule has 0 bridgehead atoms. The van der Waals surface area contributed by atoms with Crippen LogP contribution in [0.3, 0.4) is 0 Å². The first-order valence-corrected chi connectivity index (χ1v) is 5.65. The minimum absolute atomic E-state index is 0.125. The SMILES string of the molecule is CCC(NC(=O)NCC(C)C(=O)O)C(C)C. The van der Waals surface area contributed by atoms with Crippen LogP contribution < -0.4 is 10.6 Å². The Morgan fingerprint density at radius 1 is 1.25 bits per heavy atom. The molecule has 2 amide bonds. The van der Waals surface area contributed by atoms with Crippen molar-refractivity contribution in [3.8, 4) is 0 Å². The van der Waals surface area contributed by atoms with E-state index >= 15 is 0 Å². The lowest BCUT2D eigenvalue weighted by Gasteiger charge is -2.21. The highest BCUT2D eigenvalue weighted by Gasteiger charge is 2.15. The number of carbonyl (C=O) groups is 2. The molecule has 0 aromatic carbocycles. The van der Waals surface area contributed by atoms with E-state index in [0.29, 0.717) is 5.92 Å². The maximum Gasteiger partial charge on any atom is 0.315 e. The van der Waals surface area contributed by atoms with Crippen LogP contribution in [-0.4, -0.2) is 29.7 Å². The van der Waals surface area contributed by atoms with Gasteiger partial charge in [0.25, 0.3) is 0 Å². The summed E-state index contributed by atoms with van der Waals surface area (Å²) in [6, 6.07) is -0.172. The van der Waals surface area contributed by atoms with Crippen LogP contribution >= 0.6 is 0 Å². The molecule has 0 spiro atoms. The molecule has 0 aliphatic rings. The zero-order valence-corrected chi connectivity index (χ0v) is 10.4. The summed E-state index contributed by atoms with van der Waals surface area (Å²) in [7, 11) is 0. The zero-order valence-electron chi connectivity index (χ0n) is 10.4. The van der Waals surface area contributed by atoms with Gasteiger partial charge >= 0.3 is 12.0 Å². The average molecular weight is 230 g/mol. The lowest BCUT2D eigenvalue weighted by Crippen LogP contribution is -2.45. The van der Waals surface area contributed by atoms with E-state index in [1.807, 2.05) is 20.8 Å². The number of urea groups is 1. The molecule has 0 aromatic heterocycles. The molecule has 0 aliphatic carbocycles.